The molecule has 0 fully saturated rings. The van der Waals surface area contributed by atoms with Crippen LogP contribution in [0, 0.1) is 0 Å². The zero-order valence-electron chi connectivity index (χ0n) is 12.4. The molecule has 2 aromatic carbocycles. The molecule has 0 saturated carbocycles. The van der Waals surface area contributed by atoms with Crippen LogP contribution in [-0.2, 0) is 11.2 Å². The summed E-state index contributed by atoms with van der Waals surface area (Å²) >= 11 is 0. The first kappa shape index (κ1) is 13.8. The molecule has 1 amide bonds. The van der Waals surface area contributed by atoms with Crippen molar-refractivity contribution in [3.05, 3.63) is 65.2 Å². The average molecular weight is 280 g/mol. The van der Waals surface area contributed by atoms with Gasteiger partial charge in [0, 0.05) is 11.7 Å². The van der Waals surface area contributed by atoms with Crippen LogP contribution in [0.15, 0.2) is 48.5 Å². The predicted molar refractivity (Wildman–Crippen MR) is 85.4 cm³/mol. The van der Waals surface area contributed by atoms with Gasteiger partial charge in [-0.05, 0) is 43.1 Å². The van der Waals surface area contributed by atoms with E-state index in [-0.39, 0.29) is 17.9 Å². The second-order valence-electron chi connectivity index (χ2n) is 5.54. The number of carbonyl (C=O) groups excluding carboxylic acids is 1. The van der Waals surface area contributed by atoms with E-state index in [9.17, 15) is 4.79 Å². The number of rotatable bonds is 4. The van der Waals surface area contributed by atoms with Crippen molar-refractivity contribution in [1.82, 2.24) is 5.32 Å². The van der Waals surface area contributed by atoms with Crippen molar-refractivity contribution in [3.63, 3.8) is 0 Å². The van der Waals surface area contributed by atoms with Crippen LogP contribution in [0.4, 0.5) is 5.69 Å². The maximum Gasteiger partial charge on any atom is 0.232 e. The zero-order valence-corrected chi connectivity index (χ0v) is 12.4. The molecule has 1 aliphatic carbocycles. The van der Waals surface area contributed by atoms with Crippen LogP contribution >= 0.6 is 0 Å². The Bertz CT molecular complexity index is 666. The third-order valence-electron chi connectivity index (χ3n) is 4.29. The molecule has 2 unspecified atom stereocenters. The topological polar surface area (TPSA) is 41.1 Å². The molecule has 1 aliphatic rings. The van der Waals surface area contributed by atoms with Crippen molar-refractivity contribution in [1.29, 1.82) is 0 Å². The van der Waals surface area contributed by atoms with Gasteiger partial charge in [0.05, 0.1) is 5.92 Å². The van der Waals surface area contributed by atoms with Crippen LogP contribution in [0.2, 0.25) is 0 Å². The smallest absolute Gasteiger partial charge is 0.232 e. The van der Waals surface area contributed by atoms with Gasteiger partial charge in [0.1, 0.15) is 0 Å². The summed E-state index contributed by atoms with van der Waals surface area (Å²) in [4.78, 5) is 12.5. The molecule has 3 heteroatoms. The van der Waals surface area contributed by atoms with E-state index >= 15 is 0 Å². The molecule has 0 saturated heterocycles. The van der Waals surface area contributed by atoms with E-state index in [0.717, 1.165) is 23.2 Å². The molecule has 3 rings (SSSR count). The Morgan fingerprint density at radius 2 is 1.86 bits per heavy atom. The predicted octanol–water partition coefficient (Wildman–Crippen LogP) is 3.25. The van der Waals surface area contributed by atoms with E-state index in [1.165, 1.54) is 5.56 Å². The van der Waals surface area contributed by atoms with Gasteiger partial charge in [-0.25, -0.2) is 0 Å². The molecule has 0 spiro atoms. The standard InChI is InChI=1S/C18H20N2O/c1-12(19-2)14-8-5-6-10-17(14)20-18(21)16-11-13-7-3-4-9-15(13)16/h3-10,12,16,19H,11H2,1-2H3,(H,20,21). The fourth-order valence-electron chi connectivity index (χ4n) is 2.86. The highest BCUT2D eigenvalue weighted by molar-refractivity contribution is 5.98. The molecule has 2 N–H and O–H groups in total. The summed E-state index contributed by atoms with van der Waals surface area (Å²) < 4.78 is 0. The Labute approximate surface area is 125 Å². The number of fused-ring (bicyclic) bond motifs is 1. The Hall–Kier alpha value is -2.13. The second kappa shape index (κ2) is 5.70. The van der Waals surface area contributed by atoms with Crippen molar-refractivity contribution in [2.45, 2.75) is 25.3 Å². The summed E-state index contributed by atoms with van der Waals surface area (Å²) in [5.41, 5.74) is 4.46. The van der Waals surface area contributed by atoms with E-state index in [2.05, 4.69) is 23.6 Å². The number of anilines is 1. The fourth-order valence-corrected chi connectivity index (χ4v) is 2.86. The van der Waals surface area contributed by atoms with Gasteiger partial charge in [-0.1, -0.05) is 42.5 Å². The van der Waals surface area contributed by atoms with Crippen LogP contribution in [0.25, 0.3) is 0 Å². The molecule has 0 radical (unpaired) electrons. The van der Waals surface area contributed by atoms with Crippen molar-refractivity contribution < 1.29 is 4.79 Å². The monoisotopic (exact) mass is 280 g/mol. The minimum absolute atomic E-state index is 0.0147. The summed E-state index contributed by atoms with van der Waals surface area (Å²) in [6.45, 7) is 2.09. The van der Waals surface area contributed by atoms with Gasteiger partial charge in [0.25, 0.3) is 0 Å². The SMILES string of the molecule is CNC(C)c1ccccc1NC(=O)C1Cc2ccccc21. The number of hydrogen-bond acceptors (Lipinski definition) is 2. The van der Waals surface area contributed by atoms with Crippen molar-refractivity contribution in [3.8, 4) is 0 Å². The Balaban J connectivity index is 1.78. The van der Waals surface area contributed by atoms with Crippen LogP contribution in [0.1, 0.15) is 35.6 Å². The number of para-hydroxylation sites is 1. The highest BCUT2D eigenvalue weighted by Crippen LogP contribution is 2.36. The highest BCUT2D eigenvalue weighted by Gasteiger charge is 2.31. The first-order valence-electron chi connectivity index (χ1n) is 7.35. The van der Waals surface area contributed by atoms with Crippen molar-refractivity contribution >= 4 is 11.6 Å². The molecule has 0 bridgehead atoms. The summed E-state index contributed by atoms with van der Waals surface area (Å²) in [5.74, 6) is 0.0728. The molecule has 0 aromatic heterocycles. The molecule has 2 atom stereocenters. The lowest BCUT2D eigenvalue weighted by Gasteiger charge is -2.29. The van der Waals surface area contributed by atoms with Gasteiger partial charge in [-0.2, -0.15) is 0 Å². The number of hydrogen-bond donors (Lipinski definition) is 2. The molecule has 3 nitrogen and oxygen atoms in total. The summed E-state index contributed by atoms with van der Waals surface area (Å²) in [5, 5.41) is 6.31. The molecule has 0 aliphatic heterocycles. The van der Waals surface area contributed by atoms with Gasteiger partial charge >= 0.3 is 0 Å². The van der Waals surface area contributed by atoms with E-state index in [1.54, 1.807) is 0 Å². The maximum absolute atomic E-state index is 12.5. The number of amides is 1. The van der Waals surface area contributed by atoms with Crippen LogP contribution in [0.3, 0.4) is 0 Å². The average Bonchev–Trinajstić information content (AvgIpc) is 2.48. The minimum atomic E-state index is -0.0147. The third kappa shape index (κ3) is 2.57. The van der Waals surface area contributed by atoms with Gasteiger partial charge in [-0.3, -0.25) is 4.79 Å². The molecular weight excluding hydrogens is 260 g/mol. The quantitative estimate of drug-likeness (QED) is 0.902. The van der Waals surface area contributed by atoms with Crippen LogP contribution in [0.5, 0.6) is 0 Å². The maximum atomic E-state index is 12.5. The van der Waals surface area contributed by atoms with Crippen molar-refractivity contribution in [2.75, 3.05) is 12.4 Å². The van der Waals surface area contributed by atoms with Crippen molar-refractivity contribution in [2.24, 2.45) is 0 Å². The lowest BCUT2D eigenvalue weighted by molar-refractivity contribution is -0.118. The summed E-state index contributed by atoms with van der Waals surface area (Å²) in [7, 11) is 1.92. The Morgan fingerprint density at radius 3 is 2.62 bits per heavy atom. The molecule has 2 aromatic rings. The lowest BCUT2D eigenvalue weighted by Crippen LogP contribution is -2.30. The number of carbonyl (C=O) groups is 1. The first-order chi connectivity index (χ1) is 10.2. The molecule has 108 valence electrons. The second-order valence-corrected chi connectivity index (χ2v) is 5.54. The van der Waals surface area contributed by atoms with Gasteiger partial charge in [0.15, 0.2) is 0 Å². The zero-order chi connectivity index (χ0) is 14.8. The largest absolute Gasteiger partial charge is 0.325 e. The van der Waals surface area contributed by atoms with E-state index < -0.39 is 0 Å². The summed E-state index contributed by atoms with van der Waals surface area (Å²) in [6.07, 6.45) is 0.839. The van der Waals surface area contributed by atoms with Crippen LogP contribution in [-0.4, -0.2) is 13.0 Å². The van der Waals surface area contributed by atoms with E-state index in [4.69, 9.17) is 0 Å². The van der Waals surface area contributed by atoms with Gasteiger partial charge in [0.2, 0.25) is 5.91 Å². The first-order valence-corrected chi connectivity index (χ1v) is 7.35. The lowest BCUT2D eigenvalue weighted by atomic mass is 9.77. The van der Waals surface area contributed by atoms with Crippen LogP contribution < -0.4 is 10.6 Å². The Morgan fingerprint density at radius 1 is 1.14 bits per heavy atom. The summed E-state index contributed by atoms with van der Waals surface area (Å²) in [6, 6.07) is 16.3. The number of benzene rings is 2. The third-order valence-corrected chi connectivity index (χ3v) is 4.29. The van der Waals surface area contributed by atoms with E-state index in [0.29, 0.717) is 0 Å². The minimum Gasteiger partial charge on any atom is -0.325 e. The number of nitrogens with one attached hydrogen (secondary N) is 2. The highest BCUT2D eigenvalue weighted by atomic mass is 16.1. The van der Waals surface area contributed by atoms with E-state index in [1.807, 2.05) is 49.5 Å². The Kier molecular flexibility index (Phi) is 3.76. The normalized spacial score (nSPS) is 17.5. The van der Waals surface area contributed by atoms with Gasteiger partial charge < -0.3 is 10.6 Å². The molecule has 0 heterocycles. The molecule has 21 heavy (non-hydrogen) atoms. The molecular formula is C18H20N2O. The fraction of sp³-hybridized carbons (Fsp3) is 0.278. The van der Waals surface area contributed by atoms with Gasteiger partial charge in [-0.15, -0.1) is 0 Å².